The Balaban J connectivity index is 2.33. The third-order valence-corrected chi connectivity index (χ3v) is 3.45. The number of rotatable bonds is 7. The average molecular weight is 286 g/mol. The number of likely N-dealkylation sites (N-methyl/N-ethyl adjacent to an activating group) is 1. The van der Waals surface area contributed by atoms with E-state index < -0.39 is 11.9 Å². The molecule has 2 N–H and O–H groups in total. The summed E-state index contributed by atoms with van der Waals surface area (Å²) in [6.45, 7) is 5.42. The standard InChI is InChI=1S/C14H26N2O4/c1-10(2)7-11(13(17)18)8-15-14(19)16(3)9-12-5-4-6-20-12/h10-12H,4-9H2,1-3H3,(H,15,19)(H,17,18). The molecule has 1 rings (SSSR count). The van der Waals surface area contributed by atoms with Gasteiger partial charge in [-0.05, 0) is 25.2 Å². The van der Waals surface area contributed by atoms with Gasteiger partial charge in [0.2, 0.25) is 0 Å². The largest absolute Gasteiger partial charge is 0.481 e. The van der Waals surface area contributed by atoms with Crippen molar-refractivity contribution in [3.05, 3.63) is 0 Å². The van der Waals surface area contributed by atoms with E-state index in [1.165, 1.54) is 0 Å². The molecule has 1 aliphatic rings. The van der Waals surface area contributed by atoms with Crippen molar-refractivity contribution in [3.8, 4) is 0 Å². The van der Waals surface area contributed by atoms with Crippen LogP contribution >= 0.6 is 0 Å². The molecule has 1 fully saturated rings. The number of urea groups is 1. The highest BCUT2D eigenvalue weighted by Gasteiger charge is 2.23. The summed E-state index contributed by atoms with van der Waals surface area (Å²) in [5.41, 5.74) is 0. The molecule has 1 heterocycles. The first-order valence-electron chi connectivity index (χ1n) is 7.23. The Bertz CT molecular complexity index is 327. The third kappa shape index (κ3) is 5.77. The van der Waals surface area contributed by atoms with Gasteiger partial charge in [0.1, 0.15) is 0 Å². The Morgan fingerprint density at radius 2 is 2.15 bits per heavy atom. The highest BCUT2D eigenvalue weighted by atomic mass is 16.5. The summed E-state index contributed by atoms with van der Waals surface area (Å²) in [6.07, 6.45) is 2.68. The van der Waals surface area contributed by atoms with Gasteiger partial charge in [0.15, 0.2) is 0 Å². The molecule has 2 atom stereocenters. The number of nitrogens with zero attached hydrogens (tertiary/aromatic N) is 1. The van der Waals surface area contributed by atoms with Crippen LogP contribution in [0, 0.1) is 11.8 Å². The fourth-order valence-corrected chi connectivity index (χ4v) is 2.36. The fourth-order valence-electron chi connectivity index (χ4n) is 2.36. The molecule has 0 radical (unpaired) electrons. The Labute approximate surface area is 120 Å². The molecule has 0 aromatic heterocycles. The van der Waals surface area contributed by atoms with E-state index in [4.69, 9.17) is 9.84 Å². The van der Waals surface area contributed by atoms with Gasteiger partial charge < -0.3 is 20.1 Å². The van der Waals surface area contributed by atoms with Crippen LogP contribution < -0.4 is 5.32 Å². The zero-order valence-corrected chi connectivity index (χ0v) is 12.6. The van der Waals surface area contributed by atoms with Crippen LogP contribution in [0.3, 0.4) is 0 Å². The molecule has 116 valence electrons. The van der Waals surface area contributed by atoms with Crippen LogP contribution in [0.5, 0.6) is 0 Å². The van der Waals surface area contributed by atoms with E-state index in [0.29, 0.717) is 13.0 Å². The van der Waals surface area contributed by atoms with E-state index in [1.807, 2.05) is 13.8 Å². The summed E-state index contributed by atoms with van der Waals surface area (Å²) < 4.78 is 5.47. The lowest BCUT2D eigenvalue weighted by molar-refractivity contribution is -0.142. The smallest absolute Gasteiger partial charge is 0.317 e. The molecule has 0 spiro atoms. The average Bonchev–Trinajstić information content (AvgIpc) is 2.85. The first-order chi connectivity index (χ1) is 9.40. The van der Waals surface area contributed by atoms with Crippen LogP contribution in [0.1, 0.15) is 33.1 Å². The molecule has 0 bridgehead atoms. The second-order valence-corrected chi connectivity index (χ2v) is 5.87. The van der Waals surface area contributed by atoms with Crippen molar-refractivity contribution in [3.63, 3.8) is 0 Å². The van der Waals surface area contributed by atoms with Crippen LogP contribution in [0.25, 0.3) is 0 Å². The number of hydrogen-bond donors (Lipinski definition) is 2. The highest BCUT2D eigenvalue weighted by molar-refractivity contribution is 5.75. The lowest BCUT2D eigenvalue weighted by atomic mass is 9.97. The van der Waals surface area contributed by atoms with E-state index in [-0.39, 0.29) is 24.6 Å². The summed E-state index contributed by atoms with van der Waals surface area (Å²) in [7, 11) is 1.70. The van der Waals surface area contributed by atoms with Gasteiger partial charge in [-0.25, -0.2) is 4.79 Å². The molecule has 0 aromatic rings. The van der Waals surface area contributed by atoms with Gasteiger partial charge in [-0.15, -0.1) is 0 Å². The maximum atomic E-state index is 11.9. The van der Waals surface area contributed by atoms with Crippen molar-refractivity contribution in [1.29, 1.82) is 0 Å². The van der Waals surface area contributed by atoms with Crippen LogP contribution in [0.4, 0.5) is 4.79 Å². The predicted octanol–water partition coefficient (Wildman–Crippen LogP) is 1.55. The number of carbonyl (C=O) groups excluding carboxylic acids is 1. The molecule has 0 aromatic carbocycles. The summed E-state index contributed by atoms with van der Waals surface area (Å²) in [5, 5.41) is 11.8. The normalized spacial score (nSPS) is 19.9. The minimum absolute atomic E-state index is 0.108. The van der Waals surface area contributed by atoms with Crippen molar-refractivity contribution in [2.75, 3.05) is 26.7 Å². The molecule has 1 saturated heterocycles. The van der Waals surface area contributed by atoms with Crippen molar-refractivity contribution in [2.45, 2.75) is 39.2 Å². The zero-order valence-electron chi connectivity index (χ0n) is 12.6. The molecule has 6 nitrogen and oxygen atoms in total. The Kier molecular flexibility index (Phi) is 6.78. The topological polar surface area (TPSA) is 78.9 Å². The van der Waals surface area contributed by atoms with Gasteiger partial charge >= 0.3 is 12.0 Å². The minimum Gasteiger partial charge on any atom is -0.481 e. The molecule has 0 saturated carbocycles. The number of aliphatic carboxylic acids is 1. The monoisotopic (exact) mass is 286 g/mol. The van der Waals surface area contributed by atoms with Gasteiger partial charge in [-0.2, -0.15) is 0 Å². The SMILES string of the molecule is CC(C)CC(CNC(=O)N(C)CC1CCCO1)C(=O)O. The molecule has 2 amide bonds. The summed E-state index contributed by atoms with van der Waals surface area (Å²) >= 11 is 0. The molecule has 20 heavy (non-hydrogen) atoms. The van der Waals surface area contributed by atoms with Gasteiger partial charge in [0.05, 0.1) is 12.0 Å². The lowest BCUT2D eigenvalue weighted by Crippen LogP contribution is -2.43. The van der Waals surface area contributed by atoms with E-state index in [0.717, 1.165) is 19.4 Å². The molecule has 1 aliphatic heterocycles. The van der Waals surface area contributed by atoms with Crippen molar-refractivity contribution >= 4 is 12.0 Å². The first kappa shape index (κ1) is 16.8. The third-order valence-electron chi connectivity index (χ3n) is 3.45. The lowest BCUT2D eigenvalue weighted by Gasteiger charge is -2.22. The van der Waals surface area contributed by atoms with Crippen molar-refractivity contribution in [1.82, 2.24) is 10.2 Å². The molecule has 2 unspecified atom stereocenters. The molecule has 6 heteroatoms. The van der Waals surface area contributed by atoms with Crippen molar-refractivity contribution < 1.29 is 19.4 Å². The van der Waals surface area contributed by atoms with Gasteiger partial charge in [-0.3, -0.25) is 4.79 Å². The number of ether oxygens (including phenoxy) is 1. The summed E-state index contributed by atoms with van der Waals surface area (Å²) in [6, 6.07) is -0.240. The Morgan fingerprint density at radius 3 is 2.65 bits per heavy atom. The van der Waals surface area contributed by atoms with Crippen LogP contribution in [-0.4, -0.2) is 54.9 Å². The Morgan fingerprint density at radius 1 is 1.45 bits per heavy atom. The van der Waals surface area contributed by atoms with Gasteiger partial charge in [-0.1, -0.05) is 13.8 Å². The number of carboxylic acid groups (broad SMARTS) is 1. The highest BCUT2D eigenvalue weighted by Crippen LogP contribution is 2.13. The molecular formula is C14H26N2O4. The Hall–Kier alpha value is -1.30. The van der Waals surface area contributed by atoms with Crippen molar-refractivity contribution in [2.24, 2.45) is 11.8 Å². The fraction of sp³-hybridized carbons (Fsp3) is 0.857. The summed E-state index contributed by atoms with van der Waals surface area (Å²) in [4.78, 5) is 24.6. The second-order valence-electron chi connectivity index (χ2n) is 5.87. The zero-order chi connectivity index (χ0) is 15.1. The second kappa shape index (κ2) is 8.09. The first-order valence-corrected chi connectivity index (χ1v) is 7.23. The maximum absolute atomic E-state index is 11.9. The van der Waals surface area contributed by atoms with Crippen LogP contribution in [0.2, 0.25) is 0 Å². The van der Waals surface area contributed by atoms with E-state index in [1.54, 1.807) is 11.9 Å². The number of carboxylic acids is 1. The van der Waals surface area contributed by atoms with Crippen LogP contribution in [-0.2, 0) is 9.53 Å². The van der Waals surface area contributed by atoms with E-state index in [2.05, 4.69) is 5.32 Å². The molecule has 0 aliphatic carbocycles. The minimum atomic E-state index is -0.860. The summed E-state index contributed by atoms with van der Waals surface area (Å²) in [5.74, 6) is -1.10. The maximum Gasteiger partial charge on any atom is 0.317 e. The predicted molar refractivity (Wildman–Crippen MR) is 75.6 cm³/mol. The number of nitrogens with one attached hydrogen (secondary N) is 1. The van der Waals surface area contributed by atoms with E-state index in [9.17, 15) is 9.59 Å². The van der Waals surface area contributed by atoms with Gasteiger partial charge in [0, 0.05) is 26.7 Å². The van der Waals surface area contributed by atoms with Crippen LogP contribution in [0.15, 0.2) is 0 Å². The number of amides is 2. The molecular weight excluding hydrogens is 260 g/mol. The quantitative estimate of drug-likeness (QED) is 0.744. The van der Waals surface area contributed by atoms with Gasteiger partial charge in [0.25, 0.3) is 0 Å². The number of hydrogen-bond acceptors (Lipinski definition) is 3. The van der Waals surface area contributed by atoms with E-state index >= 15 is 0 Å². The number of carbonyl (C=O) groups is 2.